The predicted octanol–water partition coefficient (Wildman–Crippen LogP) is 7.73. The summed E-state index contributed by atoms with van der Waals surface area (Å²) >= 11 is 5.94. The Morgan fingerprint density at radius 1 is 0.607 bits per heavy atom. The van der Waals surface area contributed by atoms with Crippen LogP contribution in [0.5, 0.6) is 23.0 Å². The fourth-order valence-corrected chi connectivity index (χ4v) is 2.92. The zero-order valence-electron chi connectivity index (χ0n) is 14.8. The Hall–Kier alpha value is -3.30. The molecule has 0 radical (unpaired) electrons. The first kappa shape index (κ1) is 18.1. The van der Waals surface area contributed by atoms with Crippen molar-refractivity contribution in [2.45, 2.75) is 0 Å². The number of ether oxygens (including phenoxy) is 2. The summed E-state index contributed by atoms with van der Waals surface area (Å²) in [6.07, 6.45) is 0. The summed E-state index contributed by atoms with van der Waals surface area (Å²) in [5, 5.41) is 0.659. The number of para-hydroxylation sites is 1. The van der Waals surface area contributed by atoms with Crippen molar-refractivity contribution in [3.8, 4) is 34.1 Å². The Labute approximate surface area is 167 Å². The monoisotopic (exact) mass is 390 g/mol. The van der Waals surface area contributed by atoms with E-state index >= 15 is 0 Å². The molecule has 0 aromatic heterocycles. The molecule has 138 valence electrons. The van der Waals surface area contributed by atoms with E-state index in [1.54, 1.807) is 24.3 Å². The van der Waals surface area contributed by atoms with Crippen LogP contribution in [0.1, 0.15) is 0 Å². The van der Waals surface area contributed by atoms with Crippen molar-refractivity contribution < 1.29 is 13.9 Å². The second-order valence-corrected chi connectivity index (χ2v) is 6.57. The zero-order chi connectivity index (χ0) is 19.3. The maximum Gasteiger partial charge on any atom is 0.135 e. The minimum absolute atomic E-state index is 0.297. The van der Waals surface area contributed by atoms with Crippen molar-refractivity contribution in [1.29, 1.82) is 0 Å². The fourth-order valence-electron chi connectivity index (χ4n) is 2.79. The first-order chi connectivity index (χ1) is 13.7. The molecular weight excluding hydrogens is 375 g/mol. The lowest BCUT2D eigenvalue weighted by atomic mass is 10.0. The number of rotatable bonds is 5. The molecule has 0 aliphatic carbocycles. The molecule has 28 heavy (non-hydrogen) atoms. The van der Waals surface area contributed by atoms with Crippen LogP contribution in [-0.4, -0.2) is 0 Å². The average Bonchev–Trinajstić information content (AvgIpc) is 2.72. The minimum atomic E-state index is -0.297. The Bertz CT molecular complexity index is 1080. The van der Waals surface area contributed by atoms with Gasteiger partial charge < -0.3 is 9.47 Å². The molecule has 0 saturated carbocycles. The maximum absolute atomic E-state index is 13.1. The number of hydrogen-bond acceptors (Lipinski definition) is 2. The van der Waals surface area contributed by atoms with E-state index in [0.717, 1.165) is 16.9 Å². The largest absolute Gasteiger partial charge is 0.457 e. The molecular formula is C24H16ClFO2. The molecule has 0 amide bonds. The van der Waals surface area contributed by atoms with Gasteiger partial charge in [-0.1, -0.05) is 41.9 Å². The van der Waals surface area contributed by atoms with Crippen LogP contribution in [0.3, 0.4) is 0 Å². The van der Waals surface area contributed by atoms with Gasteiger partial charge in [-0.05, 0) is 72.3 Å². The van der Waals surface area contributed by atoms with Gasteiger partial charge in [-0.15, -0.1) is 0 Å². The highest BCUT2D eigenvalue weighted by Crippen LogP contribution is 2.35. The van der Waals surface area contributed by atoms with Gasteiger partial charge in [0.25, 0.3) is 0 Å². The summed E-state index contributed by atoms with van der Waals surface area (Å²) in [7, 11) is 0. The summed E-state index contributed by atoms with van der Waals surface area (Å²) in [5.41, 5.74) is 1.88. The predicted molar refractivity (Wildman–Crippen MR) is 110 cm³/mol. The van der Waals surface area contributed by atoms with E-state index in [1.807, 2.05) is 60.7 Å². The Morgan fingerprint density at radius 2 is 1.29 bits per heavy atom. The number of benzene rings is 4. The normalized spacial score (nSPS) is 10.5. The van der Waals surface area contributed by atoms with Crippen LogP contribution in [0.25, 0.3) is 11.1 Å². The number of halogens is 2. The fraction of sp³-hybridized carbons (Fsp3) is 0. The van der Waals surface area contributed by atoms with Crippen LogP contribution in [0.2, 0.25) is 5.02 Å². The Balaban J connectivity index is 1.62. The summed E-state index contributed by atoms with van der Waals surface area (Å²) in [5.74, 6) is 2.36. The zero-order valence-corrected chi connectivity index (χ0v) is 15.6. The standard InChI is InChI=1S/C24H16ClFO2/c25-18-8-12-21(13-9-18)28-24-7-2-1-6-23(24)17-4-3-5-22(16-17)27-20-14-10-19(26)11-15-20/h1-16H. The number of hydrogen-bond donors (Lipinski definition) is 0. The molecule has 0 saturated heterocycles. The lowest BCUT2D eigenvalue weighted by molar-refractivity contribution is 0.480. The van der Waals surface area contributed by atoms with Crippen LogP contribution in [0.4, 0.5) is 4.39 Å². The first-order valence-electron chi connectivity index (χ1n) is 8.74. The molecule has 4 aromatic carbocycles. The lowest BCUT2D eigenvalue weighted by Gasteiger charge is -2.13. The van der Waals surface area contributed by atoms with E-state index < -0.39 is 0 Å². The van der Waals surface area contributed by atoms with Gasteiger partial charge in [0.05, 0.1) is 0 Å². The molecule has 0 aliphatic heterocycles. The van der Waals surface area contributed by atoms with Crippen LogP contribution >= 0.6 is 11.6 Å². The molecule has 0 fully saturated rings. The van der Waals surface area contributed by atoms with Crippen molar-refractivity contribution >= 4 is 11.6 Å². The topological polar surface area (TPSA) is 18.5 Å². The molecule has 0 atom stereocenters. The van der Waals surface area contributed by atoms with Gasteiger partial charge in [0.2, 0.25) is 0 Å². The highest BCUT2D eigenvalue weighted by molar-refractivity contribution is 6.30. The van der Waals surface area contributed by atoms with Crippen molar-refractivity contribution in [2.24, 2.45) is 0 Å². The second kappa shape index (κ2) is 8.15. The molecule has 0 bridgehead atoms. The van der Waals surface area contributed by atoms with Crippen molar-refractivity contribution in [1.82, 2.24) is 0 Å². The molecule has 0 N–H and O–H groups in total. The molecule has 2 nitrogen and oxygen atoms in total. The molecule has 4 aromatic rings. The molecule has 4 heteroatoms. The minimum Gasteiger partial charge on any atom is -0.457 e. The van der Waals surface area contributed by atoms with E-state index in [1.165, 1.54) is 12.1 Å². The summed E-state index contributed by atoms with van der Waals surface area (Å²) in [6, 6.07) is 28.6. The molecule has 0 spiro atoms. The highest BCUT2D eigenvalue weighted by atomic mass is 35.5. The molecule has 0 aliphatic rings. The van der Waals surface area contributed by atoms with E-state index in [9.17, 15) is 4.39 Å². The molecule has 4 rings (SSSR count). The van der Waals surface area contributed by atoms with Crippen LogP contribution in [0, 0.1) is 5.82 Å². The molecule has 0 heterocycles. The van der Waals surface area contributed by atoms with Gasteiger partial charge in [0.1, 0.15) is 28.8 Å². The first-order valence-corrected chi connectivity index (χ1v) is 9.11. The van der Waals surface area contributed by atoms with Gasteiger partial charge in [0.15, 0.2) is 0 Å². The molecule has 0 unspecified atom stereocenters. The van der Waals surface area contributed by atoms with Gasteiger partial charge >= 0.3 is 0 Å². The van der Waals surface area contributed by atoms with E-state index in [-0.39, 0.29) is 5.82 Å². The van der Waals surface area contributed by atoms with Gasteiger partial charge in [-0.25, -0.2) is 4.39 Å². The Morgan fingerprint density at radius 3 is 2.07 bits per heavy atom. The third-order valence-electron chi connectivity index (χ3n) is 4.12. The van der Waals surface area contributed by atoms with Crippen molar-refractivity contribution in [3.05, 3.63) is 108 Å². The van der Waals surface area contributed by atoms with Crippen LogP contribution in [-0.2, 0) is 0 Å². The third-order valence-corrected chi connectivity index (χ3v) is 4.37. The second-order valence-electron chi connectivity index (χ2n) is 6.14. The smallest absolute Gasteiger partial charge is 0.135 e. The maximum atomic E-state index is 13.1. The van der Waals surface area contributed by atoms with E-state index in [0.29, 0.717) is 22.3 Å². The third kappa shape index (κ3) is 4.33. The summed E-state index contributed by atoms with van der Waals surface area (Å²) in [6.45, 7) is 0. The van der Waals surface area contributed by atoms with Gasteiger partial charge in [-0.2, -0.15) is 0 Å². The van der Waals surface area contributed by atoms with Gasteiger partial charge in [-0.3, -0.25) is 0 Å². The average molecular weight is 391 g/mol. The summed E-state index contributed by atoms with van der Waals surface area (Å²) < 4.78 is 25.0. The van der Waals surface area contributed by atoms with Crippen LogP contribution in [0.15, 0.2) is 97.1 Å². The quantitative estimate of drug-likeness (QED) is 0.347. The van der Waals surface area contributed by atoms with Crippen molar-refractivity contribution in [2.75, 3.05) is 0 Å². The van der Waals surface area contributed by atoms with Crippen LogP contribution < -0.4 is 9.47 Å². The van der Waals surface area contributed by atoms with E-state index in [4.69, 9.17) is 21.1 Å². The van der Waals surface area contributed by atoms with Gasteiger partial charge in [0, 0.05) is 10.6 Å². The summed E-state index contributed by atoms with van der Waals surface area (Å²) in [4.78, 5) is 0. The lowest BCUT2D eigenvalue weighted by Crippen LogP contribution is -1.89. The van der Waals surface area contributed by atoms with Crippen molar-refractivity contribution in [3.63, 3.8) is 0 Å². The Kier molecular flexibility index (Phi) is 5.27. The highest BCUT2D eigenvalue weighted by Gasteiger charge is 2.09. The van der Waals surface area contributed by atoms with E-state index in [2.05, 4.69) is 0 Å². The SMILES string of the molecule is Fc1ccc(Oc2cccc(-c3ccccc3Oc3ccc(Cl)cc3)c2)cc1.